The van der Waals surface area contributed by atoms with Gasteiger partial charge in [-0.15, -0.1) is 0 Å². The Morgan fingerprint density at radius 3 is 2.81 bits per heavy atom. The van der Waals surface area contributed by atoms with Crippen molar-refractivity contribution in [2.75, 3.05) is 17.6 Å². The SMILES string of the molecule is CC1CNc2c(CC(C)(C)C)c(N)nn2C1. The minimum absolute atomic E-state index is 0.239. The van der Waals surface area contributed by atoms with Crippen LogP contribution >= 0.6 is 0 Å². The number of rotatable bonds is 1. The second-order valence-electron chi connectivity index (χ2n) is 6.12. The minimum Gasteiger partial charge on any atom is -0.382 e. The molecule has 0 bridgehead atoms. The molecule has 16 heavy (non-hydrogen) atoms. The van der Waals surface area contributed by atoms with Gasteiger partial charge in [0.25, 0.3) is 0 Å². The van der Waals surface area contributed by atoms with Gasteiger partial charge in [-0.25, -0.2) is 4.68 Å². The van der Waals surface area contributed by atoms with Crippen molar-refractivity contribution < 1.29 is 0 Å². The van der Waals surface area contributed by atoms with E-state index in [-0.39, 0.29) is 5.41 Å². The first-order chi connectivity index (χ1) is 7.37. The van der Waals surface area contributed by atoms with E-state index >= 15 is 0 Å². The Morgan fingerprint density at radius 1 is 1.50 bits per heavy atom. The Bertz CT molecular complexity index is 386. The molecule has 0 amide bonds. The van der Waals surface area contributed by atoms with Gasteiger partial charge in [0.2, 0.25) is 0 Å². The molecule has 1 aliphatic heterocycles. The van der Waals surface area contributed by atoms with E-state index in [4.69, 9.17) is 5.73 Å². The van der Waals surface area contributed by atoms with Crippen molar-refractivity contribution in [1.29, 1.82) is 0 Å². The van der Waals surface area contributed by atoms with Crippen molar-refractivity contribution in [3.8, 4) is 0 Å². The molecular weight excluding hydrogens is 200 g/mol. The molecule has 0 saturated carbocycles. The molecule has 1 unspecified atom stereocenters. The van der Waals surface area contributed by atoms with Crippen molar-refractivity contribution in [2.45, 2.75) is 40.7 Å². The number of anilines is 2. The van der Waals surface area contributed by atoms with Crippen LogP contribution in [0.25, 0.3) is 0 Å². The van der Waals surface area contributed by atoms with Gasteiger partial charge in [0.05, 0.1) is 0 Å². The summed E-state index contributed by atoms with van der Waals surface area (Å²) in [7, 11) is 0. The number of nitrogen functional groups attached to an aromatic ring is 1. The third-order valence-corrected chi connectivity index (χ3v) is 2.89. The maximum atomic E-state index is 6.00. The molecular formula is C12H22N4. The first kappa shape index (κ1) is 11.3. The van der Waals surface area contributed by atoms with Gasteiger partial charge in [-0.2, -0.15) is 5.10 Å². The van der Waals surface area contributed by atoms with E-state index in [1.54, 1.807) is 0 Å². The van der Waals surface area contributed by atoms with E-state index in [2.05, 4.69) is 38.1 Å². The Balaban J connectivity index is 2.32. The van der Waals surface area contributed by atoms with E-state index in [1.807, 2.05) is 4.68 Å². The maximum Gasteiger partial charge on any atom is 0.150 e. The lowest BCUT2D eigenvalue weighted by Crippen LogP contribution is -2.26. The zero-order valence-corrected chi connectivity index (χ0v) is 10.7. The molecule has 0 aliphatic carbocycles. The number of hydrogen-bond acceptors (Lipinski definition) is 3. The Kier molecular flexibility index (Phi) is 2.60. The molecule has 0 radical (unpaired) electrons. The first-order valence-electron chi connectivity index (χ1n) is 5.96. The second kappa shape index (κ2) is 3.68. The first-order valence-corrected chi connectivity index (χ1v) is 5.96. The van der Waals surface area contributed by atoms with Crippen LogP contribution in [-0.2, 0) is 13.0 Å². The highest BCUT2D eigenvalue weighted by atomic mass is 15.4. The van der Waals surface area contributed by atoms with Crippen LogP contribution < -0.4 is 11.1 Å². The summed E-state index contributed by atoms with van der Waals surface area (Å²) in [4.78, 5) is 0. The van der Waals surface area contributed by atoms with Crippen LogP contribution in [0.3, 0.4) is 0 Å². The summed E-state index contributed by atoms with van der Waals surface area (Å²) in [5.74, 6) is 2.44. The van der Waals surface area contributed by atoms with Crippen LogP contribution in [0, 0.1) is 11.3 Å². The Hall–Kier alpha value is -1.19. The topological polar surface area (TPSA) is 55.9 Å². The van der Waals surface area contributed by atoms with E-state index in [0.29, 0.717) is 11.7 Å². The minimum atomic E-state index is 0.239. The van der Waals surface area contributed by atoms with Crippen LogP contribution in [0.5, 0.6) is 0 Å². The van der Waals surface area contributed by atoms with Gasteiger partial charge in [-0.1, -0.05) is 27.7 Å². The fourth-order valence-corrected chi connectivity index (χ4v) is 2.18. The average molecular weight is 222 g/mol. The van der Waals surface area contributed by atoms with Gasteiger partial charge in [-0.3, -0.25) is 0 Å². The van der Waals surface area contributed by atoms with Gasteiger partial charge in [-0.05, 0) is 17.8 Å². The Labute approximate surface area is 97.2 Å². The summed E-state index contributed by atoms with van der Waals surface area (Å²) in [5.41, 5.74) is 7.42. The molecule has 90 valence electrons. The fraction of sp³-hybridized carbons (Fsp3) is 0.750. The molecule has 1 aliphatic rings. The lowest BCUT2D eigenvalue weighted by Gasteiger charge is -2.24. The summed E-state index contributed by atoms with van der Waals surface area (Å²) >= 11 is 0. The smallest absolute Gasteiger partial charge is 0.150 e. The number of nitrogens with zero attached hydrogens (tertiary/aromatic N) is 2. The molecule has 2 heterocycles. The van der Waals surface area contributed by atoms with Crippen molar-refractivity contribution in [3.05, 3.63) is 5.56 Å². The number of aromatic nitrogens is 2. The molecule has 0 fully saturated rings. The average Bonchev–Trinajstić information content (AvgIpc) is 2.40. The number of nitrogens with one attached hydrogen (secondary N) is 1. The van der Waals surface area contributed by atoms with Gasteiger partial charge < -0.3 is 11.1 Å². The van der Waals surface area contributed by atoms with Crippen molar-refractivity contribution in [3.63, 3.8) is 0 Å². The van der Waals surface area contributed by atoms with Gasteiger partial charge in [0.15, 0.2) is 5.82 Å². The molecule has 4 heteroatoms. The van der Waals surface area contributed by atoms with Crippen LogP contribution in [0.4, 0.5) is 11.6 Å². The van der Waals surface area contributed by atoms with E-state index in [0.717, 1.165) is 25.3 Å². The highest BCUT2D eigenvalue weighted by Gasteiger charge is 2.24. The predicted octanol–water partition coefficient (Wildman–Crippen LogP) is 2.12. The molecule has 1 aromatic rings. The molecule has 3 N–H and O–H groups in total. The lowest BCUT2D eigenvalue weighted by atomic mass is 9.88. The predicted molar refractivity (Wildman–Crippen MR) is 67.5 cm³/mol. The molecule has 0 spiro atoms. The maximum absolute atomic E-state index is 6.00. The van der Waals surface area contributed by atoms with Gasteiger partial charge in [0.1, 0.15) is 5.82 Å². The normalized spacial score (nSPS) is 20.4. The van der Waals surface area contributed by atoms with Crippen molar-refractivity contribution in [2.24, 2.45) is 11.3 Å². The van der Waals surface area contributed by atoms with Crippen molar-refractivity contribution in [1.82, 2.24) is 9.78 Å². The summed E-state index contributed by atoms with van der Waals surface area (Å²) in [5, 5.41) is 7.86. The lowest BCUT2D eigenvalue weighted by molar-refractivity contribution is 0.409. The van der Waals surface area contributed by atoms with E-state index in [1.165, 1.54) is 5.56 Å². The standard InChI is InChI=1S/C12H22N4/c1-8-6-14-11-9(5-12(2,3)4)10(13)15-16(11)7-8/h8,14H,5-7H2,1-4H3,(H2,13,15). The third-order valence-electron chi connectivity index (χ3n) is 2.89. The molecule has 1 atom stereocenters. The van der Waals surface area contributed by atoms with Crippen LogP contribution in [0.1, 0.15) is 33.3 Å². The highest BCUT2D eigenvalue weighted by molar-refractivity contribution is 5.58. The summed E-state index contributed by atoms with van der Waals surface area (Å²) in [6.45, 7) is 10.9. The van der Waals surface area contributed by atoms with Gasteiger partial charge >= 0.3 is 0 Å². The fourth-order valence-electron chi connectivity index (χ4n) is 2.18. The van der Waals surface area contributed by atoms with E-state index < -0.39 is 0 Å². The molecule has 1 aromatic heterocycles. The Morgan fingerprint density at radius 2 is 2.19 bits per heavy atom. The third kappa shape index (κ3) is 2.15. The number of nitrogens with two attached hydrogens (primary N) is 1. The monoisotopic (exact) mass is 222 g/mol. The van der Waals surface area contributed by atoms with Gasteiger partial charge in [0, 0.05) is 18.7 Å². The summed E-state index contributed by atoms with van der Waals surface area (Å²) in [6, 6.07) is 0. The highest BCUT2D eigenvalue weighted by Crippen LogP contribution is 2.32. The zero-order valence-electron chi connectivity index (χ0n) is 10.7. The number of hydrogen-bond donors (Lipinski definition) is 2. The second-order valence-corrected chi connectivity index (χ2v) is 6.12. The number of fused-ring (bicyclic) bond motifs is 1. The van der Waals surface area contributed by atoms with Crippen LogP contribution in [0.2, 0.25) is 0 Å². The molecule has 0 saturated heterocycles. The van der Waals surface area contributed by atoms with Crippen molar-refractivity contribution >= 4 is 11.6 Å². The summed E-state index contributed by atoms with van der Waals surface area (Å²) in [6.07, 6.45) is 0.968. The molecule has 2 rings (SSSR count). The molecule has 0 aromatic carbocycles. The molecule has 4 nitrogen and oxygen atoms in total. The zero-order chi connectivity index (χ0) is 11.9. The summed E-state index contributed by atoms with van der Waals surface area (Å²) < 4.78 is 2.02. The van der Waals surface area contributed by atoms with Crippen LogP contribution in [0.15, 0.2) is 0 Å². The quantitative estimate of drug-likeness (QED) is 0.765. The van der Waals surface area contributed by atoms with E-state index in [9.17, 15) is 0 Å². The largest absolute Gasteiger partial charge is 0.382 e. The van der Waals surface area contributed by atoms with Crippen LogP contribution in [-0.4, -0.2) is 16.3 Å².